The van der Waals surface area contributed by atoms with Crippen LogP contribution in [0.3, 0.4) is 0 Å². The lowest BCUT2D eigenvalue weighted by atomic mass is 10.0. The predicted octanol–water partition coefficient (Wildman–Crippen LogP) is 4.63. The molecule has 0 amide bonds. The maximum Gasteiger partial charge on any atom is 0.136 e. The Labute approximate surface area is 111 Å². The van der Waals surface area contributed by atoms with E-state index in [1.165, 1.54) is 17.5 Å². The van der Waals surface area contributed by atoms with Crippen LogP contribution < -0.4 is 0 Å². The molecule has 1 rings (SSSR count). The third-order valence-electron chi connectivity index (χ3n) is 3.12. The summed E-state index contributed by atoms with van der Waals surface area (Å²) in [6, 6.07) is 8.73. The van der Waals surface area contributed by atoms with Crippen molar-refractivity contribution in [1.82, 2.24) is 0 Å². The summed E-state index contributed by atoms with van der Waals surface area (Å²) in [5.41, 5.74) is 2.72. The molecule has 1 heteroatoms. The number of ketones is 1. The standard InChI is InChI=1S/C17H24O/c1-3-4-9-17(18)10-7-5-6-8-16-13-11-15(2)12-14-16/h3-4,11-14H,5-10H2,1-2H3. The fraction of sp³-hybridized carbons (Fsp3) is 0.471. The highest BCUT2D eigenvalue weighted by Gasteiger charge is 1.99. The summed E-state index contributed by atoms with van der Waals surface area (Å²) in [6.45, 7) is 4.06. The number of rotatable bonds is 8. The first-order valence-corrected chi connectivity index (χ1v) is 6.91. The molecule has 98 valence electrons. The highest BCUT2D eigenvalue weighted by molar-refractivity contribution is 5.79. The predicted molar refractivity (Wildman–Crippen MR) is 77.8 cm³/mol. The molecule has 0 radical (unpaired) electrons. The molecule has 0 aliphatic heterocycles. The number of carbonyl (C=O) groups is 1. The number of hydrogen-bond donors (Lipinski definition) is 0. The van der Waals surface area contributed by atoms with Crippen molar-refractivity contribution in [1.29, 1.82) is 0 Å². The number of aryl methyl sites for hydroxylation is 2. The van der Waals surface area contributed by atoms with Gasteiger partial charge < -0.3 is 0 Å². The zero-order chi connectivity index (χ0) is 13.2. The fourth-order valence-electron chi connectivity index (χ4n) is 1.93. The van der Waals surface area contributed by atoms with Crippen LogP contribution in [0.1, 0.15) is 50.2 Å². The normalized spacial score (nSPS) is 11.0. The van der Waals surface area contributed by atoms with Crippen molar-refractivity contribution in [2.45, 2.75) is 52.4 Å². The van der Waals surface area contributed by atoms with Gasteiger partial charge in [-0.1, -0.05) is 48.4 Å². The van der Waals surface area contributed by atoms with Gasteiger partial charge in [-0.05, 0) is 38.7 Å². The molecule has 0 heterocycles. The number of carbonyl (C=O) groups excluding carboxylic acids is 1. The zero-order valence-corrected chi connectivity index (χ0v) is 11.6. The lowest BCUT2D eigenvalue weighted by Gasteiger charge is -2.02. The summed E-state index contributed by atoms with van der Waals surface area (Å²) < 4.78 is 0. The molecule has 0 aliphatic carbocycles. The second-order valence-corrected chi connectivity index (χ2v) is 4.86. The Kier molecular flexibility index (Phi) is 7.09. The molecule has 0 fully saturated rings. The Hall–Kier alpha value is -1.37. The molecule has 0 saturated heterocycles. The molecule has 0 atom stereocenters. The minimum atomic E-state index is 0.364. The smallest absolute Gasteiger partial charge is 0.136 e. The number of benzene rings is 1. The monoisotopic (exact) mass is 244 g/mol. The summed E-state index contributed by atoms with van der Waals surface area (Å²) in [6.07, 6.45) is 9.71. The molecule has 0 unspecified atom stereocenters. The van der Waals surface area contributed by atoms with Gasteiger partial charge in [0.15, 0.2) is 0 Å². The second-order valence-electron chi connectivity index (χ2n) is 4.86. The molecule has 0 aromatic heterocycles. The van der Waals surface area contributed by atoms with Crippen LogP contribution in [0, 0.1) is 6.92 Å². The van der Waals surface area contributed by atoms with Gasteiger partial charge >= 0.3 is 0 Å². The first kappa shape index (κ1) is 14.7. The van der Waals surface area contributed by atoms with E-state index in [9.17, 15) is 4.79 Å². The molecule has 1 aromatic carbocycles. The van der Waals surface area contributed by atoms with Gasteiger partial charge in [-0.25, -0.2) is 0 Å². The Balaban J connectivity index is 2.08. The Morgan fingerprint density at radius 1 is 1.11 bits per heavy atom. The van der Waals surface area contributed by atoms with Crippen LogP contribution in [-0.4, -0.2) is 5.78 Å². The number of unbranched alkanes of at least 4 members (excludes halogenated alkanes) is 2. The second kappa shape index (κ2) is 8.68. The van der Waals surface area contributed by atoms with Crippen LogP contribution in [0.15, 0.2) is 36.4 Å². The Morgan fingerprint density at radius 2 is 1.83 bits per heavy atom. The SMILES string of the molecule is CC=CCC(=O)CCCCCc1ccc(C)cc1. The average Bonchev–Trinajstić information content (AvgIpc) is 2.38. The van der Waals surface area contributed by atoms with Gasteiger partial charge in [0, 0.05) is 12.8 Å². The van der Waals surface area contributed by atoms with Crippen molar-refractivity contribution in [2.75, 3.05) is 0 Å². The molecule has 1 aromatic rings. The van der Waals surface area contributed by atoms with E-state index in [1.54, 1.807) is 0 Å². The van der Waals surface area contributed by atoms with Gasteiger partial charge in [0.2, 0.25) is 0 Å². The van der Waals surface area contributed by atoms with Gasteiger partial charge in [0.05, 0.1) is 0 Å². The number of hydrogen-bond acceptors (Lipinski definition) is 1. The van der Waals surface area contributed by atoms with Crippen molar-refractivity contribution in [2.24, 2.45) is 0 Å². The molecule has 1 nitrogen and oxygen atoms in total. The molecule has 0 bridgehead atoms. The fourth-order valence-corrected chi connectivity index (χ4v) is 1.93. The summed E-state index contributed by atoms with van der Waals surface area (Å²) in [5.74, 6) is 0.364. The molecular formula is C17H24O. The lowest BCUT2D eigenvalue weighted by molar-refractivity contribution is -0.118. The van der Waals surface area contributed by atoms with Crippen molar-refractivity contribution in [3.8, 4) is 0 Å². The number of allylic oxidation sites excluding steroid dienone is 2. The zero-order valence-electron chi connectivity index (χ0n) is 11.6. The minimum absolute atomic E-state index is 0.364. The Morgan fingerprint density at radius 3 is 2.50 bits per heavy atom. The third-order valence-corrected chi connectivity index (χ3v) is 3.12. The first-order valence-electron chi connectivity index (χ1n) is 6.91. The van der Waals surface area contributed by atoms with Gasteiger partial charge in [0.25, 0.3) is 0 Å². The highest BCUT2D eigenvalue weighted by atomic mass is 16.1. The van der Waals surface area contributed by atoms with E-state index in [1.807, 2.05) is 19.1 Å². The number of Topliss-reactive ketones (excluding diaryl/α,β-unsaturated/α-hetero) is 1. The summed E-state index contributed by atoms with van der Waals surface area (Å²) in [4.78, 5) is 11.4. The molecular weight excluding hydrogens is 220 g/mol. The van der Waals surface area contributed by atoms with Gasteiger partial charge in [0.1, 0.15) is 5.78 Å². The first-order chi connectivity index (χ1) is 8.72. The van der Waals surface area contributed by atoms with E-state index in [0.717, 1.165) is 25.7 Å². The lowest BCUT2D eigenvalue weighted by Crippen LogP contribution is -1.95. The van der Waals surface area contributed by atoms with E-state index < -0.39 is 0 Å². The van der Waals surface area contributed by atoms with Crippen LogP contribution in [0.4, 0.5) is 0 Å². The summed E-state index contributed by atoms with van der Waals surface area (Å²) in [7, 11) is 0. The largest absolute Gasteiger partial charge is 0.299 e. The molecule has 0 spiro atoms. The van der Waals surface area contributed by atoms with Crippen molar-refractivity contribution in [3.63, 3.8) is 0 Å². The minimum Gasteiger partial charge on any atom is -0.299 e. The topological polar surface area (TPSA) is 17.1 Å². The van der Waals surface area contributed by atoms with Crippen LogP contribution in [0.2, 0.25) is 0 Å². The molecule has 0 aliphatic rings. The van der Waals surface area contributed by atoms with E-state index in [-0.39, 0.29) is 0 Å². The van der Waals surface area contributed by atoms with Crippen LogP contribution >= 0.6 is 0 Å². The molecule has 0 N–H and O–H groups in total. The van der Waals surface area contributed by atoms with E-state index >= 15 is 0 Å². The van der Waals surface area contributed by atoms with E-state index in [2.05, 4.69) is 31.2 Å². The van der Waals surface area contributed by atoms with E-state index in [4.69, 9.17) is 0 Å². The van der Waals surface area contributed by atoms with Crippen LogP contribution in [0.5, 0.6) is 0 Å². The van der Waals surface area contributed by atoms with E-state index in [0.29, 0.717) is 12.2 Å². The highest BCUT2D eigenvalue weighted by Crippen LogP contribution is 2.10. The van der Waals surface area contributed by atoms with Crippen molar-refractivity contribution in [3.05, 3.63) is 47.5 Å². The van der Waals surface area contributed by atoms with Gasteiger partial charge in [-0.2, -0.15) is 0 Å². The van der Waals surface area contributed by atoms with Gasteiger partial charge in [-0.15, -0.1) is 0 Å². The van der Waals surface area contributed by atoms with Crippen molar-refractivity contribution < 1.29 is 4.79 Å². The molecule has 0 saturated carbocycles. The molecule has 18 heavy (non-hydrogen) atoms. The Bertz CT molecular complexity index is 373. The maximum absolute atomic E-state index is 11.4. The quantitative estimate of drug-likeness (QED) is 0.481. The third kappa shape index (κ3) is 6.39. The van der Waals surface area contributed by atoms with Gasteiger partial charge in [-0.3, -0.25) is 4.79 Å². The van der Waals surface area contributed by atoms with Crippen LogP contribution in [-0.2, 0) is 11.2 Å². The van der Waals surface area contributed by atoms with Crippen molar-refractivity contribution >= 4 is 5.78 Å². The average molecular weight is 244 g/mol. The summed E-state index contributed by atoms with van der Waals surface area (Å²) in [5, 5.41) is 0. The maximum atomic E-state index is 11.4. The summed E-state index contributed by atoms with van der Waals surface area (Å²) >= 11 is 0. The van der Waals surface area contributed by atoms with Crippen LogP contribution in [0.25, 0.3) is 0 Å².